The second kappa shape index (κ2) is 16.8. The van der Waals surface area contributed by atoms with Crippen LogP contribution in [0.2, 0.25) is 10.0 Å². The molecule has 63 heavy (non-hydrogen) atoms. The highest BCUT2D eigenvalue weighted by atomic mass is 35.5. The van der Waals surface area contributed by atoms with Crippen LogP contribution >= 0.6 is 23.2 Å². The second-order valence-corrected chi connectivity index (χ2v) is 17.2. The van der Waals surface area contributed by atoms with Gasteiger partial charge in [0.25, 0.3) is 5.91 Å². The Labute approximate surface area is 369 Å². The molecule has 8 rings (SSSR count). The van der Waals surface area contributed by atoms with E-state index in [1.807, 2.05) is 52.0 Å². The van der Waals surface area contributed by atoms with Crippen LogP contribution in [-0.2, 0) is 27.5 Å². The smallest absolute Gasteiger partial charge is 0.322 e. The number of anilines is 2. The molecular formula is C43H44Cl2F6N10O2. The molecule has 2 fully saturated rings. The lowest BCUT2D eigenvalue weighted by Crippen LogP contribution is -2.41. The maximum Gasteiger partial charge on any atom is 0.434 e. The molecule has 2 aliphatic rings. The van der Waals surface area contributed by atoms with Gasteiger partial charge in [-0.3, -0.25) is 9.59 Å². The molecule has 2 aliphatic heterocycles. The van der Waals surface area contributed by atoms with Crippen molar-refractivity contribution in [1.29, 1.82) is 0 Å². The number of halogens is 8. The van der Waals surface area contributed by atoms with Crippen LogP contribution in [-0.4, -0.2) is 63.6 Å². The Bertz CT molecular complexity index is 2640. The van der Waals surface area contributed by atoms with Crippen LogP contribution < -0.4 is 9.80 Å². The predicted octanol–water partition coefficient (Wildman–Crippen LogP) is 10.5. The fourth-order valence-corrected chi connectivity index (χ4v) is 8.51. The van der Waals surface area contributed by atoms with E-state index in [1.165, 1.54) is 23.0 Å². The van der Waals surface area contributed by atoms with Crippen molar-refractivity contribution in [1.82, 2.24) is 38.7 Å². The van der Waals surface area contributed by atoms with Gasteiger partial charge < -0.3 is 18.9 Å². The van der Waals surface area contributed by atoms with Crippen molar-refractivity contribution in [3.63, 3.8) is 0 Å². The Morgan fingerprint density at radius 1 is 0.683 bits per heavy atom. The molecule has 2 unspecified atom stereocenters. The Balaban J connectivity index is 0.000000189. The van der Waals surface area contributed by atoms with Gasteiger partial charge in [0.2, 0.25) is 5.91 Å². The number of carbonyl (C=O) groups excluding carboxylic acids is 2. The number of nitrogens with zero attached hydrogens (tertiary/aromatic N) is 10. The largest absolute Gasteiger partial charge is 0.434 e. The van der Waals surface area contributed by atoms with E-state index < -0.39 is 35.3 Å². The fraction of sp³-hybridized carbons (Fsp3) is 0.395. The highest BCUT2D eigenvalue weighted by Gasteiger charge is 2.48. The minimum Gasteiger partial charge on any atom is -0.322 e. The summed E-state index contributed by atoms with van der Waals surface area (Å²) in [7, 11) is 0. The monoisotopic (exact) mass is 916 g/mol. The molecule has 0 aliphatic carbocycles. The van der Waals surface area contributed by atoms with Crippen molar-refractivity contribution in [2.45, 2.75) is 97.1 Å². The van der Waals surface area contributed by atoms with E-state index in [1.54, 1.807) is 62.7 Å². The molecule has 20 heteroatoms. The van der Waals surface area contributed by atoms with Gasteiger partial charge in [0, 0.05) is 35.5 Å². The lowest BCUT2D eigenvalue weighted by atomic mass is 10.00. The van der Waals surface area contributed by atoms with Gasteiger partial charge in [-0.25, -0.2) is 19.3 Å². The van der Waals surface area contributed by atoms with Gasteiger partial charge in [0.05, 0.1) is 46.5 Å². The zero-order valence-corrected chi connectivity index (χ0v) is 36.8. The summed E-state index contributed by atoms with van der Waals surface area (Å²) < 4.78 is 84.9. The Kier molecular flexibility index (Phi) is 12.1. The van der Waals surface area contributed by atoms with Gasteiger partial charge in [0.1, 0.15) is 23.2 Å². The van der Waals surface area contributed by atoms with Crippen molar-refractivity contribution < 1.29 is 35.9 Å². The third kappa shape index (κ3) is 8.58. The predicted molar refractivity (Wildman–Crippen MR) is 226 cm³/mol. The van der Waals surface area contributed by atoms with Gasteiger partial charge in [-0.2, -0.15) is 36.5 Å². The first kappa shape index (κ1) is 45.4. The van der Waals surface area contributed by atoms with E-state index in [0.717, 1.165) is 35.2 Å². The topological polar surface area (TPSA) is 112 Å². The minimum absolute atomic E-state index is 0.0367. The maximum absolute atomic E-state index is 13.5. The molecule has 334 valence electrons. The molecule has 4 aromatic heterocycles. The molecule has 0 bridgehead atoms. The van der Waals surface area contributed by atoms with E-state index in [-0.39, 0.29) is 35.3 Å². The van der Waals surface area contributed by atoms with E-state index in [9.17, 15) is 35.9 Å². The number of rotatable bonds is 8. The lowest BCUT2D eigenvalue weighted by Gasteiger charge is -2.26. The van der Waals surface area contributed by atoms with Crippen LogP contribution in [0.5, 0.6) is 0 Å². The first-order chi connectivity index (χ1) is 29.5. The van der Waals surface area contributed by atoms with E-state index in [0.29, 0.717) is 47.4 Å². The van der Waals surface area contributed by atoms with Gasteiger partial charge in [0.15, 0.2) is 11.4 Å². The molecule has 0 saturated carbocycles. The van der Waals surface area contributed by atoms with Crippen LogP contribution in [0.4, 0.5) is 37.7 Å². The van der Waals surface area contributed by atoms with Crippen LogP contribution in [0.25, 0.3) is 11.4 Å². The average molecular weight is 918 g/mol. The quantitative estimate of drug-likeness (QED) is 0.141. The zero-order chi connectivity index (χ0) is 45.9. The molecule has 2 saturated heterocycles. The molecule has 0 radical (unpaired) electrons. The van der Waals surface area contributed by atoms with Crippen molar-refractivity contribution in [3.05, 3.63) is 118 Å². The average Bonchev–Trinajstić information content (AvgIpc) is 4.07. The lowest BCUT2D eigenvalue weighted by molar-refractivity contribution is -0.141. The summed E-state index contributed by atoms with van der Waals surface area (Å²) in [6.07, 6.45) is -3.28. The minimum atomic E-state index is -4.57. The van der Waals surface area contributed by atoms with Crippen LogP contribution in [0.15, 0.2) is 73.3 Å². The van der Waals surface area contributed by atoms with Crippen LogP contribution in [0, 0.1) is 13.8 Å². The first-order valence-electron chi connectivity index (χ1n) is 20.1. The first-order valence-corrected chi connectivity index (χ1v) is 20.8. The molecule has 2 amide bonds. The maximum atomic E-state index is 13.5. The highest BCUT2D eigenvalue weighted by Crippen LogP contribution is 2.41. The molecule has 0 spiro atoms. The normalized spacial score (nSPS) is 18.3. The number of imidazole rings is 2. The number of aryl methyl sites for hydroxylation is 2. The summed E-state index contributed by atoms with van der Waals surface area (Å²) >= 11 is 12.0. The summed E-state index contributed by atoms with van der Waals surface area (Å²) in [6.45, 7) is 13.4. The summed E-state index contributed by atoms with van der Waals surface area (Å²) in [5.74, 6) is -0.165. The SMILES string of the molecule is Cc1nc(C(F)(F)F)cn1C1(C)CCN(c2cnn(-c3ccc(Cl)cc3)c2C(C)C)C1=O.Cc1nc(C(F)(F)F)cn1C1CCN(c2cnn(-c3ccc(Cl)cc3)c2C(C)C)C1=O. The number of alkyl halides is 6. The van der Waals surface area contributed by atoms with E-state index in [4.69, 9.17) is 23.2 Å². The molecule has 2 atom stereocenters. The van der Waals surface area contributed by atoms with Gasteiger partial charge >= 0.3 is 12.4 Å². The second-order valence-electron chi connectivity index (χ2n) is 16.3. The number of benzene rings is 2. The summed E-state index contributed by atoms with van der Waals surface area (Å²) in [5.41, 5.74) is 1.44. The van der Waals surface area contributed by atoms with Crippen molar-refractivity contribution in [3.8, 4) is 11.4 Å². The molecular weight excluding hydrogens is 873 g/mol. The van der Waals surface area contributed by atoms with Crippen molar-refractivity contribution in [2.24, 2.45) is 0 Å². The van der Waals surface area contributed by atoms with E-state index >= 15 is 0 Å². The fourth-order valence-electron chi connectivity index (χ4n) is 8.26. The number of hydrogen-bond donors (Lipinski definition) is 0. The Hall–Kier alpha value is -5.62. The van der Waals surface area contributed by atoms with Gasteiger partial charge in [-0.1, -0.05) is 50.9 Å². The molecule has 6 heterocycles. The number of amides is 2. The summed E-state index contributed by atoms with van der Waals surface area (Å²) in [5, 5.41) is 10.2. The third-order valence-electron chi connectivity index (χ3n) is 11.3. The standard InChI is InChI=1S/C22H23ClF3N5O.C21H21ClF3N5O/c1-13(2)19-17(11-27-31(19)16-7-5-15(23)6-8-16)29-10-9-21(4,20(29)32)30-12-18(22(24,25)26)28-14(30)3;1-12(2)19-17(10-26-30(19)15-6-4-14(22)5-7-15)28-9-8-16(20(28)31)29-11-18(21(23,24)25)27-13(29)3/h5-8,11-13H,9-10H2,1-4H3;4-7,10-12,16H,8-9H2,1-3H3. The molecule has 12 nitrogen and oxygen atoms in total. The van der Waals surface area contributed by atoms with Gasteiger partial charge in [-0.15, -0.1) is 0 Å². The number of hydrogen-bond acceptors (Lipinski definition) is 6. The molecule has 2 aromatic carbocycles. The molecule has 6 aromatic rings. The summed E-state index contributed by atoms with van der Waals surface area (Å²) in [4.78, 5) is 37.2. The van der Waals surface area contributed by atoms with Gasteiger partial charge in [-0.05, 0) is 94.0 Å². The summed E-state index contributed by atoms with van der Waals surface area (Å²) in [6, 6.07) is 13.7. The number of aromatic nitrogens is 8. The molecule has 0 N–H and O–H groups in total. The van der Waals surface area contributed by atoms with Crippen molar-refractivity contribution >= 4 is 46.4 Å². The third-order valence-corrected chi connectivity index (χ3v) is 11.8. The van der Waals surface area contributed by atoms with E-state index in [2.05, 4.69) is 20.2 Å². The van der Waals surface area contributed by atoms with Crippen molar-refractivity contribution in [2.75, 3.05) is 22.9 Å². The van der Waals surface area contributed by atoms with Crippen LogP contribution in [0.1, 0.15) is 99.8 Å². The highest BCUT2D eigenvalue weighted by molar-refractivity contribution is 6.30. The Morgan fingerprint density at radius 2 is 1.14 bits per heavy atom. The zero-order valence-electron chi connectivity index (χ0n) is 35.3. The number of carbonyl (C=O) groups is 2. The Morgan fingerprint density at radius 3 is 1.59 bits per heavy atom. The van der Waals surface area contributed by atoms with Crippen LogP contribution in [0.3, 0.4) is 0 Å².